The molecule has 0 aromatic rings. The zero-order chi connectivity index (χ0) is 13.5. The molecule has 0 bridgehead atoms. The standard InChI is InChI=1S/C11H18N2O4S/c1-3-17-9(14)6-18-7(2)10(15)13-11(16)12-8-4-5-8/h7-8H,3-6H2,1-2H3,(H2,12,13,15,16)/t7-/m1/s1. The molecule has 6 nitrogen and oxygen atoms in total. The quantitative estimate of drug-likeness (QED) is 0.695. The van der Waals surface area contributed by atoms with Gasteiger partial charge in [-0.15, -0.1) is 11.8 Å². The fourth-order valence-corrected chi connectivity index (χ4v) is 1.81. The molecule has 0 aromatic heterocycles. The highest BCUT2D eigenvalue weighted by atomic mass is 32.2. The summed E-state index contributed by atoms with van der Waals surface area (Å²) in [5.74, 6) is -0.654. The zero-order valence-electron chi connectivity index (χ0n) is 10.5. The molecule has 1 aliphatic rings. The van der Waals surface area contributed by atoms with Gasteiger partial charge in [0.2, 0.25) is 5.91 Å². The lowest BCUT2D eigenvalue weighted by atomic mass is 10.4. The Morgan fingerprint density at radius 1 is 1.39 bits per heavy atom. The van der Waals surface area contributed by atoms with E-state index in [0.29, 0.717) is 6.61 Å². The Balaban J connectivity index is 2.18. The minimum Gasteiger partial charge on any atom is -0.465 e. The molecule has 3 amide bonds. The maximum atomic E-state index is 11.6. The highest BCUT2D eigenvalue weighted by molar-refractivity contribution is 8.01. The van der Waals surface area contributed by atoms with Gasteiger partial charge in [0, 0.05) is 6.04 Å². The van der Waals surface area contributed by atoms with Crippen LogP contribution in [0, 0.1) is 0 Å². The van der Waals surface area contributed by atoms with Crippen molar-refractivity contribution in [3.8, 4) is 0 Å². The average molecular weight is 274 g/mol. The van der Waals surface area contributed by atoms with Crippen molar-refractivity contribution in [2.75, 3.05) is 12.4 Å². The van der Waals surface area contributed by atoms with Crippen LogP contribution in [-0.2, 0) is 14.3 Å². The molecule has 1 rings (SSSR count). The molecule has 1 atom stereocenters. The molecule has 0 spiro atoms. The number of ether oxygens (including phenoxy) is 1. The zero-order valence-corrected chi connectivity index (χ0v) is 11.3. The van der Waals surface area contributed by atoms with Gasteiger partial charge >= 0.3 is 12.0 Å². The van der Waals surface area contributed by atoms with Crippen LogP contribution < -0.4 is 10.6 Å². The molecule has 7 heteroatoms. The molecule has 18 heavy (non-hydrogen) atoms. The van der Waals surface area contributed by atoms with Gasteiger partial charge in [0.05, 0.1) is 17.6 Å². The van der Waals surface area contributed by atoms with Crippen LogP contribution in [0.15, 0.2) is 0 Å². The lowest BCUT2D eigenvalue weighted by Crippen LogP contribution is -2.43. The summed E-state index contributed by atoms with van der Waals surface area (Å²) in [6.45, 7) is 3.69. The number of imide groups is 1. The Kier molecular flexibility index (Phi) is 5.97. The van der Waals surface area contributed by atoms with Gasteiger partial charge in [-0.2, -0.15) is 0 Å². The lowest BCUT2D eigenvalue weighted by Gasteiger charge is -2.11. The smallest absolute Gasteiger partial charge is 0.321 e. The topological polar surface area (TPSA) is 84.5 Å². The summed E-state index contributed by atoms with van der Waals surface area (Å²) in [6, 6.07) is -0.258. The number of rotatable bonds is 6. The summed E-state index contributed by atoms with van der Waals surface area (Å²) >= 11 is 1.14. The van der Waals surface area contributed by atoms with Crippen LogP contribution in [0.2, 0.25) is 0 Å². The Labute approximate surface area is 110 Å². The van der Waals surface area contributed by atoms with E-state index in [1.54, 1.807) is 13.8 Å². The molecule has 2 N–H and O–H groups in total. The number of nitrogens with one attached hydrogen (secondary N) is 2. The van der Waals surface area contributed by atoms with Gasteiger partial charge in [-0.1, -0.05) is 0 Å². The Morgan fingerprint density at radius 2 is 2.06 bits per heavy atom. The minimum atomic E-state index is -0.473. The molecule has 0 aromatic carbocycles. The third-order valence-corrected chi connectivity index (χ3v) is 3.39. The SMILES string of the molecule is CCOC(=O)CS[C@H](C)C(=O)NC(=O)NC1CC1. The van der Waals surface area contributed by atoms with E-state index in [9.17, 15) is 14.4 Å². The molecule has 0 saturated heterocycles. The second-order valence-corrected chi connectivity index (χ2v) is 5.32. The first-order chi connectivity index (χ1) is 8.52. The van der Waals surface area contributed by atoms with E-state index in [4.69, 9.17) is 4.74 Å². The monoisotopic (exact) mass is 274 g/mol. The largest absolute Gasteiger partial charge is 0.465 e. The highest BCUT2D eigenvalue weighted by Gasteiger charge is 2.25. The van der Waals surface area contributed by atoms with Crippen LogP contribution in [0.25, 0.3) is 0 Å². The van der Waals surface area contributed by atoms with Gasteiger partial charge in [0.25, 0.3) is 0 Å². The number of hydrogen-bond donors (Lipinski definition) is 2. The molecular formula is C11H18N2O4S. The van der Waals surface area contributed by atoms with Crippen LogP contribution in [0.1, 0.15) is 26.7 Å². The van der Waals surface area contributed by atoms with Crippen LogP contribution in [-0.4, -0.2) is 41.6 Å². The molecule has 102 valence electrons. The average Bonchev–Trinajstić information content (AvgIpc) is 3.09. The van der Waals surface area contributed by atoms with Gasteiger partial charge < -0.3 is 10.1 Å². The number of carbonyl (C=O) groups is 3. The second-order valence-electron chi connectivity index (χ2n) is 4.00. The fraction of sp³-hybridized carbons (Fsp3) is 0.727. The first-order valence-corrected chi connectivity index (χ1v) is 6.96. The van der Waals surface area contributed by atoms with Crippen LogP contribution in [0.5, 0.6) is 0 Å². The lowest BCUT2D eigenvalue weighted by molar-refractivity contribution is -0.139. The van der Waals surface area contributed by atoms with Crippen molar-refractivity contribution in [1.82, 2.24) is 10.6 Å². The predicted octanol–water partition coefficient (Wildman–Crippen LogP) is 0.659. The van der Waals surface area contributed by atoms with E-state index in [1.807, 2.05) is 0 Å². The summed E-state index contributed by atoms with van der Waals surface area (Å²) in [5.41, 5.74) is 0. The molecule has 1 fully saturated rings. The van der Waals surface area contributed by atoms with E-state index in [-0.39, 0.29) is 17.8 Å². The molecule has 1 aliphatic carbocycles. The first kappa shape index (κ1) is 14.8. The Morgan fingerprint density at radius 3 is 2.61 bits per heavy atom. The number of hydrogen-bond acceptors (Lipinski definition) is 5. The Hall–Kier alpha value is -1.24. The third kappa shape index (κ3) is 5.90. The fourth-order valence-electron chi connectivity index (χ4n) is 1.13. The van der Waals surface area contributed by atoms with E-state index in [1.165, 1.54) is 0 Å². The molecule has 0 radical (unpaired) electrons. The maximum absolute atomic E-state index is 11.6. The number of thioether (sulfide) groups is 1. The third-order valence-electron chi connectivity index (χ3n) is 2.28. The summed E-state index contributed by atoms with van der Waals surface area (Å²) in [7, 11) is 0. The van der Waals surface area contributed by atoms with Crippen molar-refractivity contribution in [3.05, 3.63) is 0 Å². The van der Waals surface area contributed by atoms with Crippen LogP contribution in [0.4, 0.5) is 4.79 Å². The minimum absolute atomic E-state index is 0.104. The van der Waals surface area contributed by atoms with Gasteiger partial charge in [0.1, 0.15) is 0 Å². The molecule has 1 saturated carbocycles. The summed E-state index contributed by atoms with van der Waals surface area (Å²) in [6.07, 6.45) is 1.93. The molecule has 0 unspecified atom stereocenters. The van der Waals surface area contributed by atoms with Crippen molar-refractivity contribution in [1.29, 1.82) is 0 Å². The van der Waals surface area contributed by atoms with Crippen molar-refractivity contribution < 1.29 is 19.1 Å². The first-order valence-electron chi connectivity index (χ1n) is 5.91. The van der Waals surface area contributed by atoms with E-state index >= 15 is 0 Å². The highest BCUT2D eigenvalue weighted by Crippen LogP contribution is 2.18. The van der Waals surface area contributed by atoms with Gasteiger partial charge in [-0.05, 0) is 26.7 Å². The van der Waals surface area contributed by atoms with Crippen molar-refractivity contribution in [2.45, 2.75) is 38.0 Å². The van der Waals surface area contributed by atoms with Crippen molar-refractivity contribution >= 4 is 29.7 Å². The number of carbonyl (C=O) groups excluding carboxylic acids is 3. The summed E-state index contributed by atoms with van der Waals surface area (Å²) in [5, 5.41) is 4.43. The number of esters is 1. The predicted molar refractivity (Wildman–Crippen MR) is 68.2 cm³/mol. The van der Waals surface area contributed by atoms with Crippen LogP contribution in [0.3, 0.4) is 0 Å². The van der Waals surface area contributed by atoms with Crippen molar-refractivity contribution in [2.24, 2.45) is 0 Å². The van der Waals surface area contributed by atoms with E-state index in [2.05, 4.69) is 10.6 Å². The second kappa shape index (κ2) is 7.25. The molecular weight excluding hydrogens is 256 g/mol. The maximum Gasteiger partial charge on any atom is 0.321 e. The normalized spacial score (nSPS) is 15.7. The van der Waals surface area contributed by atoms with Crippen molar-refractivity contribution in [3.63, 3.8) is 0 Å². The van der Waals surface area contributed by atoms with Gasteiger partial charge in [0.15, 0.2) is 0 Å². The van der Waals surface area contributed by atoms with E-state index < -0.39 is 17.2 Å². The Bertz CT molecular complexity index is 331. The number of urea groups is 1. The molecule has 0 heterocycles. The van der Waals surface area contributed by atoms with Crippen LogP contribution >= 0.6 is 11.8 Å². The summed E-state index contributed by atoms with van der Waals surface area (Å²) in [4.78, 5) is 34.0. The van der Waals surface area contributed by atoms with E-state index in [0.717, 1.165) is 24.6 Å². The molecule has 0 aliphatic heterocycles. The summed E-state index contributed by atoms with van der Waals surface area (Å²) < 4.78 is 4.74. The van der Waals surface area contributed by atoms with Gasteiger partial charge in [-0.3, -0.25) is 14.9 Å². The number of amides is 3. The van der Waals surface area contributed by atoms with Gasteiger partial charge in [-0.25, -0.2) is 4.79 Å².